The molecule has 0 saturated heterocycles. The van der Waals surface area contributed by atoms with Gasteiger partial charge in [0.15, 0.2) is 0 Å². The van der Waals surface area contributed by atoms with Crippen LogP contribution in [0.15, 0.2) is 35.7 Å². The van der Waals surface area contributed by atoms with Crippen molar-refractivity contribution in [1.29, 1.82) is 0 Å². The lowest BCUT2D eigenvalue weighted by atomic mass is 10.1. The number of hydrogen-bond acceptors (Lipinski definition) is 1. The Kier molecular flexibility index (Phi) is 2.02. The van der Waals surface area contributed by atoms with Crippen LogP contribution in [0, 0.1) is 0 Å². The molecule has 2 heteroatoms. The van der Waals surface area contributed by atoms with Crippen LogP contribution in [0.25, 0.3) is 0 Å². The Labute approximate surface area is 59.2 Å². The summed E-state index contributed by atoms with van der Waals surface area (Å²) in [4.78, 5) is 0. The Bertz CT molecular complexity index is 213. The molecule has 0 aromatic rings. The predicted molar refractivity (Wildman–Crippen MR) is 38.1 cm³/mol. The molecule has 1 N–H and O–H groups in total. The van der Waals surface area contributed by atoms with E-state index >= 15 is 0 Å². The highest BCUT2D eigenvalue weighted by Crippen LogP contribution is 2.15. The van der Waals surface area contributed by atoms with Gasteiger partial charge in [0.1, 0.15) is 5.83 Å². The first kappa shape index (κ1) is 7.22. The summed E-state index contributed by atoms with van der Waals surface area (Å²) in [5, 5.41) is 9.10. The average molecular weight is 140 g/mol. The molecule has 1 rings (SSSR count). The lowest BCUT2D eigenvalue weighted by Crippen LogP contribution is -2.03. The van der Waals surface area contributed by atoms with E-state index in [1.54, 1.807) is 25.2 Å². The van der Waals surface area contributed by atoms with Gasteiger partial charge in [-0.25, -0.2) is 4.39 Å². The van der Waals surface area contributed by atoms with Crippen molar-refractivity contribution >= 4 is 0 Å². The van der Waals surface area contributed by atoms with E-state index in [4.69, 9.17) is 5.11 Å². The van der Waals surface area contributed by atoms with Crippen molar-refractivity contribution in [2.24, 2.45) is 0 Å². The molecule has 0 saturated carbocycles. The van der Waals surface area contributed by atoms with Crippen molar-refractivity contribution in [3.63, 3.8) is 0 Å². The van der Waals surface area contributed by atoms with Crippen molar-refractivity contribution in [1.82, 2.24) is 0 Å². The highest BCUT2D eigenvalue weighted by molar-refractivity contribution is 5.30. The first-order valence-electron chi connectivity index (χ1n) is 3.11. The number of rotatable bonds is 0. The molecule has 1 unspecified atom stereocenters. The summed E-state index contributed by atoms with van der Waals surface area (Å²) < 4.78 is 12.7. The van der Waals surface area contributed by atoms with Crippen molar-refractivity contribution in [3.8, 4) is 0 Å². The quantitative estimate of drug-likeness (QED) is 0.543. The summed E-state index contributed by atoms with van der Waals surface area (Å²) in [5.41, 5.74) is 0.366. The van der Waals surface area contributed by atoms with Crippen LogP contribution < -0.4 is 0 Å². The van der Waals surface area contributed by atoms with Gasteiger partial charge in [0, 0.05) is 0 Å². The molecular formula is C8H9FO. The Balaban J connectivity index is 2.96. The van der Waals surface area contributed by atoms with Gasteiger partial charge in [0.2, 0.25) is 0 Å². The molecule has 0 aromatic carbocycles. The van der Waals surface area contributed by atoms with Gasteiger partial charge in [-0.3, -0.25) is 0 Å². The van der Waals surface area contributed by atoms with Gasteiger partial charge in [-0.15, -0.1) is 0 Å². The number of hydrogen-bond donors (Lipinski definition) is 1. The van der Waals surface area contributed by atoms with Crippen LogP contribution in [0.4, 0.5) is 4.39 Å². The molecule has 0 aromatic heterocycles. The van der Waals surface area contributed by atoms with E-state index in [1.807, 2.05) is 0 Å². The molecule has 1 aliphatic carbocycles. The standard InChI is InChI=1S/C8H9FO/c1-6-7(9)4-2-3-5-8(6)10/h2-5,8,10H,1H3. The topological polar surface area (TPSA) is 20.2 Å². The van der Waals surface area contributed by atoms with Gasteiger partial charge in [-0.1, -0.05) is 18.2 Å². The zero-order valence-corrected chi connectivity index (χ0v) is 5.71. The summed E-state index contributed by atoms with van der Waals surface area (Å²) in [5.74, 6) is -0.350. The number of aliphatic hydroxyl groups excluding tert-OH is 1. The summed E-state index contributed by atoms with van der Waals surface area (Å²) in [7, 11) is 0. The molecule has 0 bridgehead atoms. The van der Waals surface area contributed by atoms with Crippen LogP contribution in [-0.2, 0) is 0 Å². The second-order valence-electron chi connectivity index (χ2n) is 2.22. The predicted octanol–water partition coefficient (Wildman–Crippen LogP) is 1.72. The molecule has 1 atom stereocenters. The Morgan fingerprint density at radius 3 is 2.90 bits per heavy atom. The Hall–Kier alpha value is -0.890. The third-order valence-electron chi connectivity index (χ3n) is 1.47. The second kappa shape index (κ2) is 2.80. The minimum atomic E-state index is -0.769. The minimum absolute atomic E-state index is 0.350. The normalized spacial score (nSPS) is 25.3. The number of allylic oxidation sites excluding steroid dienone is 4. The zero-order valence-electron chi connectivity index (χ0n) is 5.71. The Morgan fingerprint density at radius 1 is 1.50 bits per heavy atom. The molecule has 1 aliphatic rings. The van der Waals surface area contributed by atoms with Gasteiger partial charge in [0.05, 0.1) is 6.10 Å². The van der Waals surface area contributed by atoms with Crippen LogP contribution >= 0.6 is 0 Å². The monoisotopic (exact) mass is 140 g/mol. The second-order valence-corrected chi connectivity index (χ2v) is 2.22. The lowest BCUT2D eigenvalue weighted by molar-refractivity contribution is 0.256. The molecule has 0 aliphatic heterocycles. The van der Waals surface area contributed by atoms with E-state index < -0.39 is 6.10 Å². The smallest absolute Gasteiger partial charge is 0.125 e. The molecule has 0 spiro atoms. The fraction of sp³-hybridized carbons (Fsp3) is 0.250. The van der Waals surface area contributed by atoms with Gasteiger partial charge >= 0.3 is 0 Å². The molecule has 0 amide bonds. The van der Waals surface area contributed by atoms with Crippen molar-refractivity contribution in [2.75, 3.05) is 0 Å². The summed E-state index contributed by atoms with van der Waals surface area (Å²) in [6, 6.07) is 0. The van der Waals surface area contributed by atoms with Crippen molar-refractivity contribution in [3.05, 3.63) is 35.7 Å². The zero-order chi connectivity index (χ0) is 7.56. The molecule has 0 fully saturated rings. The number of aliphatic hydroxyl groups is 1. The molecule has 1 nitrogen and oxygen atoms in total. The lowest BCUT2D eigenvalue weighted by Gasteiger charge is -2.03. The SMILES string of the molecule is CC1=C(F)C=CC=CC1O. The first-order valence-corrected chi connectivity index (χ1v) is 3.11. The maximum absolute atomic E-state index is 12.7. The van der Waals surface area contributed by atoms with E-state index in [0.29, 0.717) is 5.57 Å². The number of halogens is 1. The van der Waals surface area contributed by atoms with E-state index in [2.05, 4.69) is 0 Å². The first-order chi connectivity index (χ1) is 4.72. The van der Waals surface area contributed by atoms with E-state index in [0.717, 1.165) is 0 Å². The van der Waals surface area contributed by atoms with E-state index in [-0.39, 0.29) is 5.83 Å². The van der Waals surface area contributed by atoms with Crippen molar-refractivity contribution < 1.29 is 9.50 Å². The summed E-state index contributed by atoms with van der Waals surface area (Å²) in [6.45, 7) is 1.57. The van der Waals surface area contributed by atoms with Gasteiger partial charge in [-0.2, -0.15) is 0 Å². The average Bonchev–Trinajstić information content (AvgIpc) is 2.04. The van der Waals surface area contributed by atoms with Crippen LogP contribution in [0.5, 0.6) is 0 Å². The summed E-state index contributed by atoms with van der Waals surface area (Å²) in [6.07, 6.45) is 5.30. The van der Waals surface area contributed by atoms with Crippen LogP contribution in [0.2, 0.25) is 0 Å². The molecule has 0 radical (unpaired) electrons. The minimum Gasteiger partial charge on any atom is -0.385 e. The van der Waals surface area contributed by atoms with Crippen LogP contribution in [-0.4, -0.2) is 11.2 Å². The fourth-order valence-corrected chi connectivity index (χ4v) is 0.726. The van der Waals surface area contributed by atoms with Gasteiger partial charge in [-0.05, 0) is 18.6 Å². The van der Waals surface area contributed by atoms with E-state index in [1.165, 1.54) is 6.08 Å². The van der Waals surface area contributed by atoms with E-state index in [9.17, 15) is 4.39 Å². The van der Waals surface area contributed by atoms with Crippen LogP contribution in [0.1, 0.15) is 6.92 Å². The largest absolute Gasteiger partial charge is 0.385 e. The van der Waals surface area contributed by atoms with Gasteiger partial charge in [0.25, 0.3) is 0 Å². The maximum Gasteiger partial charge on any atom is 0.125 e. The van der Waals surface area contributed by atoms with Crippen LogP contribution in [0.3, 0.4) is 0 Å². The molecule has 54 valence electrons. The third-order valence-corrected chi connectivity index (χ3v) is 1.47. The summed E-state index contributed by atoms with van der Waals surface area (Å²) >= 11 is 0. The fourth-order valence-electron chi connectivity index (χ4n) is 0.726. The highest BCUT2D eigenvalue weighted by atomic mass is 19.1. The van der Waals surface area contributed by atoms with Gasteiger partial charge < -0.3 is 5.11 Å². The molecular weight excluding hydrogens is 131 g/mol. The highest BCUT2D eigenvalue weighted by Gasteiger charge is 2.07. The van der Waals surface area contributed by atoms with Crippen molar-refractivity contribution in [2.45, 2.75) is 13.0 Å². The molecule has 10 heavy (non-hydrogen) atoms. The maximum atomic E-state index is 12.7. The molecule has 0 heterocycles. The Morgan fingerprint density at radius 2 is 2.20 bits per heavy atom. The third kappa shape index (κ3) is 1.33.